The fraction of sp³-hybridized carbons (Fsp3) is 0.964. The van der Waals surface area contributed by atoms with Gasteiger partial charge in [-0.3, -0.25) is 14.5 Å². The van der Waals surface area contributed by atoms with Gasteiger partial charge in [-0.2, -0.15) is 0 Å². The van der Waals surface area contributed by atoms with Gasteiger partial charge in [-0.25, -0.2) is 0 Å². The summed E-state index contributed by atoms with van der Waals surface area (Å²) in [5.74, 6) is 9.74. The number of nitrogens with zero attached hydrogens (tertiary/aromatic N) is 3. The number of Topliss-reactive ketones (excluding diaryl/α,β-unsaturated/α-hetero) is 2. The van der Waals surface area contributed by atoms with Crippen LogP contribution >= 0.6 is 15.9 Å². The van der Waals surface area contributed by atoms with Crippen LogP contribution in [0.25, 0.3) is 0 Å². The van der Waals surface area contributed by atoms with E-state index in [9.17, 15) is 19.8 Å². The lowest BCUT2D eigenvalue weighted by Gasteiger charge is -2.57. The molecule has 372 valence electrons. The van der Waals surface area contributed by atoms with Gasteiger partial charge in [-0.1, -0.05) is 43.6 Å². The van der Waals surface area contributed by atoms with Gasteiger partial charge in [0.05, 0.1) is 23.1 Å². The normalized spacial score (nSPS) is 46.4. The average molecular weight is 970 g/mol. The van der Waals surface area contributed by atoms with Crippen molar-refractivity contribution in [1.82, 2.24) is 20.0 Å². The molecule has 2 aliphatic heterocycles. The maximum absolute atomic E-state index is 13.6. The molecule has 10 aliphatic rings. The molecule has 0 bridgehead atoms. The number of rotatable bonds is 9. The molecule has 10 rings (SSSR count). The largest absolute Gasteiger partial charge is 0.390 e. The smallest absolute Gasteiger partial charge is 0.150 e. The summed E-state index contributed by atoms with van der Waals surface area (Å²) in [6.07, 6.45) is 24.3. The number of ketones is 2. The van der Waals surface area contributed by atoms with Crippen LogP contribution in [0.4, 0.5) is 0 Å². The highest BCUT2D eigenvalue weighted by molar-refractivity contribution is 9.09. The Morgan fingerprint density at radius 3 is 1.42 bits per heavy atom. The van der Waals surface area contributed by atoms with E-state index < -0.39 is 11.2 Å². The summed E-state index contributed by atoms with van der Waals surface area (Å²) in [7, 11) is 0. The van der Waals surface area contributed by atoms with E-state index in [0.717, 1.165) is 124 Å². The number of piperazine rings is 2. The van der Waals surface area contributed by atoms with Crippen LogP contribution in [0, 0.1) is 81.8 Å². The standard InChI is InChI=1S/C28H48N2O2.C21H33BrO2.C7H16N2/c1-4-13-29-14-16-30(17-15-29)19-26(31)25-8-7-24-23-6-5-20-18-27(2,32)11-9-21(20)22(23)10-12-28(24,25)3;1-20(24)9-7-14-13(11-20)3-4-16-15(14)8-10-21(2)17(16)5-6-18(21)19(23)12-22;1-2-5-9-6-3-8-4-7-9/h20-25,32H,4-19H2,1-3H3;13-18,24H,3-12H2,1-2H3;8H,2-7H2,1H3/t20-,21+,22-,23-,24+,25-,27-,28+;13-,14+,15-,16-,17+,18-,20-,21+;/m11./s1. The molecule has 0 aromatic heterocycles. The van der Waals surface area contributed by atoms with Gasteiger partial charge >= 0.3 is 0 Å². The van der Waals surface area contributed by atoms with Crippen LogP contribution in [0.1, 0.15) is 170 Å². The van der Waals surface area contributed by atoms with Crippen molar-refractivity contribution in [3.05, 3.63) is 0 Å². The zero-order chi connectivity index (χ0) is 46.1. The summed E-state index contributed by atoms with van der Waals surface area (Å²) >= 11 is 3.42. The predicted molar refractivity (Wildman–Crippen MR) is 269 cm³/mol. The zero-order valence-electron chi connectivity index (χ0n) is 42.5. The van der Waals surface area contributed by atoms with Crippen LogP contribution < -0.4 is 5.32 Å². The second-order valence-corrected chi connectivity index (χ2v) is 26.0. The molecule has 2 heterocycles. The molecule has 0 aromatic carbocycles. The topological polar surface area (TPSA) is 96.3 Å². The number of alkyl halides is 1. The van der Waals surface area contributed by atoms with Gasteiger partial charge in [0.25, 0.3) is 0 Å². The summed E-state index contributed by atoms with van der Waals surface area (Å²) < 4.78 is 0. The molecular formula is C56H97BrN4O4. The molecule has 8 nitrogen and oxygen atoms in total. The van der Waals surface area contributed by atoms with Crippen molar-refractivity contribution in [1.29, 1.82) is 0 Å². The Labute approximate surface area is 405 Å². The van der Waals surface area contributed by atoms with Crippen LogP contribution in [0.5, 0.6) is 0 Å². The molecule has 65 heavy (non-hydrogen) atoms. The second kappa shape index (κ2) is 21.5. The van der Waals surface area contributed by atoms with E-state index in [-0.39, 0.29) is 10.8 Å². The summed E-state index contributed by atoms with van der Waals surface area (Å²) in [5.41, 5.74) is -0.337. The molecule has 8 aliphatic carbocycles. The van der Waals surface area contributed by atoms with Gasteiger partial charge in [-0.05, 0) is 225 Å². The quantitative estimate of drug-likeness (QED) is 0.197. The summed E-state index contributed by atoms with van der Waals surface area (Å²) in [6, 6.07) is 0. The average Bonchev–Trinajstić information content (AvgIpc) is 3.84. The molecule has 8 saturated carbocycles. The van der Waals surface area contributed by atoms with Crippen molar-refractivity contribution >= 4 is 27.5 Å². The lowest BCUT2D eigenvalue weighted by molar-refractivity contribution is -0.133. The molecule has 0 unspecified atom stereocenters. The minimum absolute atomic E-state index is 0.245. The molecule has 10 fully saturated rings. The first kappa shape index (κ1) is 51.0. The molecular weight excluding hydrogens is 873 g/mol. The van der Waals surface area contributed by atoms with Crippen LogP contribution in [0.15, 0.2) is 0 Å². The maximum atomic E-state index is 13.6. The fourth-order valence-corrected chi connectivity index (χ4v) is 18.8. The van der Waals surface area contributed by atoms with Gasteiger partial charge < -0.3 is 25.3 Å². The first-order chi connectivity index (χ1) is 31.1. The number of fused-ring (bicyclic) bond motifs is 10. The Kier molecular flexibility index (Phi) is 16.9. The fourth-order valence-electron chi connectivity index (χ4n) is 18.4. The Balaban J connectivity index is 0.000000153. The predicted octanol–water partition coefficient (Wildman–Crippen LogP) is 9.87. The lowest BCUT2D eigenvalue weighted by atomic mass is 9.49. The van der Waals surface area contributed by atoms with Crippen molar-refractivity contribution in [3.8, 4) is 0 Å². The Morgan fingerprint density at radius 1 is 0.523 bits per heavy atom. The highest BCUT2D eigenvalue weighted by atomic mass is 79.9. The van der Waals surface area contributed by atoms with Crippen LogP contribution in [-0.2, 0) is 9.59 Å². The van der Waals surface area contributed by atoms with E-state index in [1.807, 2.05) is 6.92 Å². The van der Waals surface area contributed by atoms with Gasteiger partial charge in [0, 0.05) is 64.2 Å². The number of nitrogens with one attached hydrogen (secondary N) is 1. The third-order valence-electron chi connectivity index (χ3n) is 21.5. The van der Waals surface area contributed by atoms with Gasteiger partial charge in [0.15, 0.2) is 0 Å². The molecule has 2 saturated heterocycles. The monoisotopic (exact) mass is 969 g/mol. The molecule has 0 radical (unpaired) electrons. The third kappa shape index (κ3) is 11.1. The Hall–Kier alpha value is -0.420. The Morgan fingerprint density at radius 2 is 0.954 bits per heavy atom. The van der Waals surface area contributed by atoms with Gasteiger partial charge in [-0.15, -0.1) is 0 Å². The minimum atomic E-state index is -0.427. The van der Waals surface area contributed by atoms with Gasteiger partial charge in [0.2, 0.25) is 0 Å². The van der Waals surface area contributed by atoms with E-state index in [1.165, 1.54) is 129 Å². The second-order valence-electron chi connectivity index (χ2n) is 25.5. The number of hydrogen-bond acceptors (Lipinski definition) is 8. The van der Waals surface area contributed by atoms with Gasteiger partial charge in [0.1, 0.15) is 11.6 Å². The van der Waals surface area contributed by atoms with E-state index in [4.69, 9.17) is 0 Å². The SMILES string of the molecule is CCCN1CCN(CC(=O)[C@H]2CC[C@H]3[C@@H]4CC[C@@H]5C[C@](C)(O)CC[C@@H]5[C@H]4CC[C@]23C)CC1.CCCN1CCNCC1.C[C@@]1(O)CC[C@H]2[C@H](CC[C@@H]3[C@@H]2CC[C@]2(C)[C@@H](C(=O)CBr)CC[C@@H]32)C1. The van der Waals surface area contributed by atoms with Crippen molar-refractivity contribution in [2.24, 2.45) is 81.8 Å². The van der Waals surface area contributed by atoms with Crippen LogP contribution in [0.2, 0.25) is 0 Å². The number of carbonyl (C=O) groups is 2. The Bertz CT molecular complexity index is 1580. The number of aliphatic hydroxyl groups is 2. The molecule has 9 heteroatoms. The van der Waals surface area contributed by atoms with Crippen molar-refractivity contribution in [2.75, 3.05) is 77.3 Å². The summed E-state index contributed by atoms with van der Waals surface area (Å²) in [4.78, 5) is 33.5. The maximum Gasteiger partial charge on any atom is 0.150 e. The number of hydrogen-bond donors (Lipinski definition) is 3. The van der Waals surface area contributed by atoms with Crippen LogP contribution in [0.3, 0.4) is 0 Å². The van der Waals surface area contributed by atoms with E-state index in [0.29, 0.717) is 35.3 Å². The summed E-state index contributed by atoms with van der Waals surface area (Å²) in [6.45, 7) is 25.9. The van der Waals surface area contributed by atoms with Crippen molar-refractivity contribution in [2.45, 2.75) is 181 Å². The molecule has 16 atom stereocenters. The zero-order valence-corrected chi connectivity index (χ0v) is 44.1. The van der Waals surface area contributed by atoms with Crippen molar-refractivity contribution in [3.63, 3.8) is 0 Å². The third-order valence-corrected chi connectivity index (χ3v) is 22.1. The first-order valence-electron chi connectivity index (χ1n) is 28.0. The molecule has 0 spiro atoms. The molecule has 0 aromatic rings. The van der Waals surface area contributed by atoms with E-state index >= 15 is 0 Å². The van der Waals surface area contributed by atoms with Crippen molar-refractivity contribution < 1.29 is 19.8 Å². The highest BCUT2D eigenvalue weighted by Gasteiger charge is 2.60. The number of carbonyl (C=O) groups excluding carboxylic acids is 2. The van der Waals surface area contributed by atoms with E-state index in [2.05, 4.69) is 70.6 Å². The molecule has 0 amide bonds. The highest BCUT2D eigenvalue weighted by Crippen LogP contribution is 2.66. The minimum Gasteiger partial charge on any atom is -0.390 e. The number of halogens is 1. The lowest BCUT2D eigenvalue weighted by Crippen LogP contribution is -2.52. The summed E-state index contributed by atoms with van der Waals surface area (Å²) in [5, 5.41) is 25.0. The van der Waals surface area contributed by atoms with E-state index in [1.54, 1.807) is 0 Å². The van der Waals surface area contributed by atoms with Crippen LogP contribution in [-0.4, -0.2) is 125 Å². The molecule has 3 N–H and O–H groups in total. The first-order valence-corrected chi connectivity index (χ1v) is 29.2.